The zero-order valence-corrected chi connectivity index (χ0v) is 13.8. The van der Waals surface area contributed by atoms with Gasteiger partial charge >= 0.3 is 0 Å². The average Bonchev–Trinajstić information content (AvgIpc) is 3.30. The lowest BCUT2D eigenvalue weighted by molar-refractivity contribution is 0.175. The summed E-state index contributed by atoms with van der Waals surface area (Å²) in [5, 5.41) is 0. The molecule has 0 heteroatoms. The summed E-state index contributed by atoms with van der Waals surface area (Å²) in [4.78, 5) is 0. The lowest BCUT2D eigenvalue weighted by Crippen LogP contribution is -2.29. The third kappa shape index (κ3) is 2.18. The van der Waals surface area contributed by atoms with Crippen molar-refractivity contribution in [1.29, 1.82) is 0 Å². The number of fused-ring (bicyclic) bond motifs is 5. The summed E-state index contributed by atoms with van der Waals surface area (Å²) >= 11 is 0. The molecule has 2 aromatic carbocycles. The van der Waals surface area contributed by atoms with Crippen LogP contribution < -0.4 is 0 Å². The van der Waals surface area contributed by atoms with E-state index in [1.165, 1.54) is 43.2 Å². The van der Waals surface area contributed by atoms with Crippen molar-refractivity contribution in [3.8, 4) is 0 Å². The lowest BCUT2D eigenvalue weighted by atomic mass is 9.67. The molecule has 0 heterocycles. The Kier molecular flexibility index (Phi) is 3.32. The van der Waals surface area contributed by atoms with Crippen LogP contribution in [0.3, 0.4) is 0 Å². The van der Waals surface area contributed by atoms with Gasteiger partial charge < -0.3 is 0 Å². The molecule has 3 fully saturated rings. The van der Waals surface area contributed by atoms with Crippen molar-refractivity contribution in [2.45, 2.75) is 38.0 Å². The Bertz CT molecular complexity index is 619. The van der Waals surface area contributed by atoms with Crippen LogP contribution in [0.4, 0.5) is 0 Å². The molecule has 0 aliphatic heterocycles. The van der Waals surface area contributed by atoms with Crippen molar-refractivity contribution in [2.24, 2.45) is 29.6 Å². The second-order valence-electron chi connectivity index (χ2n) is 8.12. The van der Waals surface area contributed by atoms with Gasteiger partial charge in [-0.05, 0) is 66.4 Å². The normalized spacial score (nSPS) is 34.9. The molecule has 0 N–H and O–H groups in total. The van der Waals surface area contributed by atoms with Crippen LogP contribution in [0, 0.1) is 29.6 Å². The van der Waals surface area contributed by atoms with Gasteiger partial charge in [-0.1, -0.05) is 67.1 Å². The molecule has 0 amide bonds. The summed E-state index contributed by atoms with van der Waals surface area (Å²) in [5.74, 6) is 5.63. The first-order valence-corrected chi connectivity index (χ1v) is 9.51. The Labute approximate surface area is 139 Å². The van der Waals surface area contributed by atoms with Gasteiger partial charge in [-0.25, -0.2) is 0 Å². The molecule has 0 nitrogen and oxygen atoms in total. The maximum absolute atomic E-state index is 2.36. The van der Waals surface area contributed by atoms with E-state index < -0.39 is 0 Å². The second kappa shape index (κ2) is 5.51. The highest BCUT2D eigenvalue weighted by molar-refractivity contribution is 5.34. The highest BCUT2D eigenvalue weighted by atomic mass is 14.6. The molecular weight excluding hydrogens is 276 g/mol. The first-order chi connectivity index (χ1) is 11.4. The van der Waals surface area contributed by atoms with Crippen molar-refractivity contribution in [2.75, 3.05) is 0 Å². The molecule has 0 spiro atoms. The zero-order chi connectivity index (χ0) is 15.2. The molecule has 3 aliphatic carbocycles. The van der Waals surface area contributed by atoms with Crippen LogP contribution in [0.2, 0.25) is 0 Å². The Morgan fingerprint density at radius 1 is 0.652 bits per heavy atom. The van der Waals surface area contributed by atoms with Gasteiger partial charge in [-0.3, -0.25) is 0 Å². The van der Waals surface area contributed by atoms with Crippen molar-refractivity contribution in [3.05, 3.63) is 71.8 Å². The minimum Gasteiger partial charge on any atom is -0.0622 e. The fourth-order valence-electron chi connectivity index (χ4n) is 6.51. The van der Waals surface area contributed by atoms with Gasteiger partial charge in [0.2, 0.25) is 0 Å². The molecule has 3 aliphatic rings. The molecular formula is C23H26. The summed E-state index contributed by atoms with van der Waals surface area (Å²) < 4.78 is 0. The molecule has 3 saturated carbocycles. The molecule has 0 saturated heterocycles. The fourth-order valence-corrected chi connectivity index (χ4v) is 6.51. The van der Waals surface area contributed by atoms with Crippen molar-refractivity contribution < 1.29 is 0 Å². The lowest BCUT2D eigenvalue weighted by Gasteiger charge is -2.37. The zero-order valence-electron chi connectivity index (χ0n) is 13.8. The summed E-state index contributed by atoms with van der Waals surface area (Å²) in [7, 11) is 0. The standard InChI is InChI=1S/C23H26/c1-3-8-16(9-4-1)23(17-10-5-2-6-11-17)22-15-18-14-21(22)20-13-7-12-19(18)20/h1-6,8-11,18-23H,7,12-15H2. The van der Waals surface area contributed by atoms with E-state index >= 15 is 0 Å². The van der Waals surface area contributed by atoms with Crippen LogP contribution >= 0.6 is 0 Å². The highest BCUT2D eigenvalue weighted by Crippen LogP contribution is 2.64. The van der Waals surface area contributed by atoms with E-state index in [0.717, 1.165) is 29.6 Å². The number of hydrogen-bond acceptors (Lipinski definition) is 0. The number of hydrogen-bond donors (Lipinski definition) is 0. The predicted molar refractivity (Wildman–Crippen MR) is 95.3 cm³/mol. The molecule has 0 radical (unpaired) electrons. The number of rotatable bonds is 3. The Morgan fingerprint density at radius 3 is 1.91 bits per heavy atom. The summed E-state index contributed by atoms with van der Waals surface area (Å²) in [6.45, 7) is 0. The van der Waals surface area contributed by atoms with E-state index in [2.05, 4.69) is 60.7 Å². The summed E-state index contributed by atoms with van der Waals surface area (Å²) in [6, 6.07) is 22.6. The first-order valence-electron chi connectivity index (χ1n) is 9.51. The monoisotopic (exact) mass is 302 g/mol. The average molecular weight is 302 g/mol. The minimum atomic E-state index is 0.606. The molecule has 2 aromatic rings. The van der Waals surface area contributed by atoms with E-state index in [4.69, 9.17) is 0 Å². The molecule has 5 unspecified atom stereocenters. The van der Waals surface area contributed by atoms with E-state index in [9.17, 15) is 0 Å². The maximum atomic E-state index is 2.36. The molecule has 0 aromatic heterocycles. The van der Waals surface area contributed by atoms with E-state index in [1.54, 1.807) is 0 Å². The summed E-state index contributed by atoms with van der Waals surface area (Å²) in [6.07, 6.45) is 7.53. The van der Waals surface area contributed by atoms with Crippen LogP contribution in [-0.4, -0.2) is 0 Å². The molecule has 118 valence electrons. The van der Waals surface area contributed by atoms with Crippen LogP contribution in [0.25, 0.3) is 0 Å². The number of benzene rings is 2. The molecule has 5 atom stereocenters. The van der Waals surface area contributed by atoms with Gasteiger partial charge in [0.1, 0.15) is 0 Å². The maximum Gasteiger partial charge on any atom is 0.0120 e. The van der Waals surface area contributed by atoms with Crippen LogP contribution in [0.15, 0.2) is 60.7 Å². The smallest absolute Gasteiger partial charge is 0.0120 e. The SMILES string of the molecule is c1ccc(C(c2ccccc2)C2CC3CC2C2CCCC32)cc1. The first kappa shape index (κ1) is 13.8. The Hall–Kier alpha value is -1.56. The van der Waals surface area contributed by atoms with Gasteiger partial charge in [0.05, 0.1) is 0 Å². The van der Waals surface area contributed by atoms with Crippen molar-refractivity contribution in [1.82, 2.24) is 0 Å². The van der Waals surface area contributed by atoms with Crippen LogP contribution in [0.5, 0.6) is 0 Å². The Morgan fingerprint density at radius 2 is 1.26 bits per heavy atom. The topological polar surface area (TPSA) is 0 Å². The summed E-state index contributed by atoms with van der Waals surface area (Å²) in [5.41, 5.74) is 3.07. The fraction of sp³-hybridized carbons (Fsp3) is 0.478. The van der Waals surface area contributed by atoms with E-state index in [1.807, 2.05) is 0 Å². The third-order valence-corrected chi connectivity index (χ3v) is 7.23. The third-order valence-electron chi connectivity index (χ3n) is 7.23. The van der Waals surface area contributed by atoms with Gasteiger partial charge in [0.25, 0.3) is 0 Å². The Balaban J connectivity index is 1.54. The molecule has 5 rings (SSSR count). The molecule has 23 heavy (non-hydrogen) atoms. The van der Waals surface area contributed by atoms with Crippen molar-refractivity contribution in [3.63, 3.8) is 0 Å². The van der Waals surface area contributed by atoms with Gasteiger partial charge in [0, 0.05) is 5.92 Å². The van der Waals surface area contributed by atoms with Gasteiger partial charge in [-0.15, -0.1) is 0 Å². The van der Waals surface area contributed by atoms with Crippen LogP contribution in [-0.2, 0) is 0 Å². The predicted octanol–water partition coefficient (Wildman–Crippen LogP) is 5.89. The van der Waals surface area contributed by atoms with E-state index in [-0.39, 0.29) is 0 Å². The quantitative estimate of drug-likeness (QED) is 0.663. The van der Waals surface area contributed by atoms with Gasteiger partial charge in [-0.2, -0.15) is 0 Å². The second-order valence-corrected chi connectivity index (χ2v) is 8.12. The largest absolute Gasteiger partial charge is 0.0622 e. The highest BCUT2D eigenvalue weighted by Gasteiger charge is 2.55. The van der Waals surface area contributed by atoms with Gasteiger partial charge in [0.15, 0.2) is 0 Å². The minimum absolute atomic E-state index is 0.606. The van der Waals surface area contributed by atoms with Crippen LogP contribution in [0.1, 0.15) is 49.1 Å². The molecule has 2 bridgehead atoms. The van der Waals surface area contributed by atoms with Crippen molar-refractivity contribution >= 4 is 0 Å². The van der Waals surface area contributed by atoms with E-state index in [0.29, 0.717) is 5.92 Å².